The molecular formula is C25H28ClN5O2. The normalized spacial score (nSPS) is 14.2. The lowest BCUT2D eigenvalue weighted by Crippen LogP contribution is -2.44. The molecule has 2 heterocycles. The summed E-state index contributed by atoms with van der Waals surface area (Å²) in [5, 5.41) is 6.76. The van der Waals surface area contributed by atoms with Gasteiger partial charge in [-0.2, -0.15) is 0 Å². The van der Waals surface area contributed by atoms with Crippen molar-refractivity contribution in [3.05, 3.63) is 87.3 Å². The van der Waals surface area contributed by atoms with E-state index in [9.17, 15) is 9.59 Å². The lowest BCUT2D eigenvalue weighted by molar-refractivity contribution is 0.102. The number of likely N-dealkylation sites (N-methyl/N-ethyl adjacent to an activating group) is 1. The van der Waals surface area contributed by atoms with Crippen LogP contribution in [-0.2, 0) is 6.42 Å². The van der Waals surface area contributed by atoms with Gasteiger partial charge in [-0.15, -0.1) is 0 Å². The minimum Gasteiger partial charge on any atom is -0.384 e. The van der Waals surface area contributed by atoms with E-state index >= 15 is 0 Å². The van der Waals surface area contributed by atoms with Crippen LogP contribution >= 0.6 is 11.6 Å². The number of hydrogen-bond acceptors (Lipinski definition) is 5. The van der Waals surface area contributed by atoms with Gasteiger partial charge in [0.1, 0.15) is 5.56 Å². The number of halogens is 1. The van der Waals surface area contributed by atoms with Crippen LogP contribution in [0.3, 0.4) is 0 Å². The van der Waals surface area contributed by atoms with Crippen molar-refractivity contribution in [1.82, 2.24) is 9.88 Å². The number of hydrogen-bond donors (Lipinski definition) is 3. The van der Waals surface area contributed by atoms with Crippen LogP contribution in [-0.4, -0.2) is 55.6 Å². The topological polar surface area (TPSA) is 80.5 Å². The van der Waals surface area contributed by atoms with Crippen molar-refractivity contribution in [2.24, 2.45) is 0 Å². The van der Waals surface area contributed by atoms with E-state index in [1.165, 1.54) is 6.20 Å². The molecule has 2 aromatic carbocycles. The van der Waals surface area contributed by atoms with Gasteiger partial charge in [0, 0.05) is 55.3 Å². The van der Waals surface area contributed by atoms with Gasteiger partial charge in [-0.1, -0.05) is 23.7 Å². The van der Waals surface area contributed by atoms with Crippen molar-refractivity contribution >= 4 is 34.6 Å². The molecule has 0 spiro atoms. The van der Waals surface area contributed by atoms with E-state index in [-0.39, 0.29) is 5.56 Å². The smallest absolute Gasteiger partial charge is 0.263 e. The number of amides is 1. The fourth-order valence-corrected chi connectivity index (χ4v) is 3.98. The number of benzene rings is 2. The second-order valence-corrected chi connectivity index (χ2v) is 8.63. The van der Waals surface area contributed by atoms with E-state index in [0.29, 0.717) is 22.9 Å². The van der Waals surface area contributed by atoms with Crippen molar-refractivity contribution in [1.29, 1.82) is 0 Å². The fraction of sp³-hybridized carbons (Fsp3) is 0.280. The van der Waals surface area contributed by atoms with Crippen molar-refractivity contribution in [3.63, 3.8) is 0 Å². The first kappa shape index (κ1) is 22.9. The van der Waals surface area contributed by atoms with Crippen LogP contribution in [0, 0.1) is 0 Å². The SMILES string of the molecule is CN1CCN(c2ccc(NC(=O)c3c(NCCc4ccc(Cl)cc4)cc[nH]c3=O)cc2)CC1. The summed E-state index contributed by atoms with van der Waals surface area (Å²) >= 11 is 5.93. The lowest BCUT2D eigenvalue weighted by atomic mass is 10.1. The van der Waals surface area contributed by atoms with Crippen molar-refractivity contribution in [3.8, 4) is 0 Å². The third-order valence-electron chi connectivity index (χ3n) is 5.82. The van der Waals surface area contributed by atoms with Gasteiger partial charge >= 0.3 is 0 Å². The minimum atomic E-state index is -0.446. The Morgan fingerprint density at radius 3 is 2.39 bits per heavy atom. The molecule has 1 aliphatic rings. The van der Waals surface area contributed by atoms with Gasteiger partial charge in [0.25, 0.3) is 11.5 Å². The molecular weight excluding hydrogens is 438 g/mol. The first-order valence-corrected chi connectivity index (χ1v) is 11.4. The first-order valence-electron chi connectivity index (χ1n) is 11.0. The summed E-state index contributed by atoms with van der Waals surface area (Å²) in [7, 11) is 2.13. The molecule has 8 heteroatoms. The number of aromatic amines is 1. The third kappa shape index (κ3) is 5.94. The molecule has 7 nitrogen and oxygen atoms in total. The number of rotatable bonds is 7. The minimum absolute atomic E-state index is 0.0664. The van der Waals surface area contributed by atoms with E-state index in [1.807, 2.05) is 48.5 Å². The number of H-pyrrole nitrogens is 1. The lowest BCUT2D eigenvalue weighted by Gasteiger charge is -2.34. The Hall–Kier alpha value is -3.29. The summed E-state index contributed by atoms with van der Waals surface area (Å²) in [6.45, 7) is 4.59. The average molecular weight is 466 g/mol. The Morgan fingerprint density at radius 2 is 1.70 bits per heavy atom. The summed E-state index contributed by atoms with van der Waals surface area (Å²) in [6, 6.07) is 17.1. The van der Waals surface area contributed by atoms with E-state index < -0.39 is 11.5 Å². The van der Waals surface area contributed by atoms with Crippen molar-refractivity contribution < 1.29 is 4.79 Å². The van der Waals surface area contributed by atoms with Crippen LogP contribution in [0.25, 0.3) is 0 Å². The molecule has 3 aromatic rings. The second kappa shape index (κ2) is 10.6. The van der Waals surface area contributed by atoms with Crippen molar-refractivity contribution in [2.45, 2.75) is 6.42 Å². The van der Waals surface area contributed by atoms with Crippen LogP contribution in [0.15, 0.2) is 65.6 Å². The summed E-state index contributed by atoms with van der Waals surface area (Å²) in [5.41, 5.74) is 3.02. The molecule has 0 aliphatic carbocycles. The standard InChI is InChI=1S/C25H28ClN5O2/c1-30-14-16-31(17-15-30)21-8-6-20(7-9-21)29-25(33)23-22(11-13-28-24(23)32)27-12-10-18-2-4-19(26)5-3-18/h2-9,11,13H,10,12,14-17H2,1H3,(H,29,33)(H2,27,28,32). The molecule has 33 heavy (non-hydrogen) atoms. The zero-order valence-electron chi connectivity index (χ0n) is 18.6. The molecule has 1 saturated heterocycles. The number of pyridine rings is 1. The average Bonchev–Trinajstić information content (AvgIpc) is 2.81. The Kier molecular flexibility index (Phi) is 7.32. The summed E-state index contributed by atoms with van der Waals surface area (Å²) in [4.78, 5) is 32.6. The van der Waals surface area contributed by atoms with Crippen LogP contribution in [0.2, 0.25) is 5.02 Å². The molecule has 3 N–H and O–H groups in total. The highest BCUT2D eigenvalue weighted by Gasteiger charge is 2.17. The van der Waals surface area contributed by atoms with E-state index in [2.05, 4.69) is 32.5 Å². The molecule has 0 atom stereocenters. The highest BCUT2D eigenvalue weighted by molar-refractivity contribution is 6.30. The van der Waals surface area contributed by atoms with Crippen LogP contribution in [0.5, 0.6) is 0 Å². The highest BCUT2D eigenvalue weighted by atomic mass is 35.5. The van der Waals surface area contributed by atoms with Gasteiger partial charge in [-0.25, -0.2) is 0 Å². The number of nitrogens with one attached hydrogen (secondary N) is 3. The third-order valence-corrected chi connectivity index (χ3v) is 6.08. The molecule has 0 bridgehead atoms. The molecule has 1 aliphatic heterocycles. The van der Waals surface area contributed by atoms with Gasteiger partial charge < -0.3 is 25.4 Å². The largest absolute Gasteiger partial charge is 0.384 e. The van der Waals surface area contributed by atoms with Crippen LogP contribution < -0.4 is 21.1 Å². The number of aromatic nitrogens is 1. The van der Waals surface area contributed by atoms with E-state index in [0.717, 1.165) is 43.9 Å². The van der Waals surface area contributed by atoms with E-state index in [1.54, 1.807) is 6.07 Å². The number of carbonyl (C=O) groups is 1. The van der Waals surface area contributed by atoms with Gasteiger partial charge in [0.15, 0.2) is 0 Å². The number of piperazine rings is 1. The maximum absolute atomic E-state index is 12.9. The van der Waals surface area contributed by atoms with Gasteiger partial charge in [0.05, 0.1) is 5.69 Å². The molecule has 0 unspecified atom stereocenters. The fourth-order valence-electron chi connectivity index (χ4n) is 3.86. The molecule has 1 amide bonds. The second-order valence-electron chi connectivity index (χ2n) is 8.19. The van der Waals surface area contributed by atoms with Gasteiger partial charge in [-0.05, 0) is 61.5 Å². The van der Waals surface area contributed by atoms with Crippen LogP contribution in [0.1, 0.15) is 15.9 Å². The molecule has 1 aromatic heterocycles. The Labute approximate surface area is 198 Å². The quantitative estimate of drug-likeness (QED) is 0.496. The maximum Gasteiger partial charge on any atom is 0.263 e. The Morgan fingerprint density at radius 1 is 1.00 bits per heavy atom. The number of nitrogens with zero attached hydrogens (tertiary/aromatic N) is 2. The highest BCUT2D eigenvalue weighted by Crippen LogP contribution is 2.20. The predicted molar refractivity (Wildman–Crippen MR) is 135 cm³/mol. The summed E-state index contributed by atoms with van der Waals surface area (Å²) in [6.07, 6.45) is 2.27. The molecule has 172 valence electrons. The Bertz CT molecular complexity index is 1140. The monoisotopic (exact) mass is 465 g/mol. The summed E-state index contributed by atoms with van der Waals surface area (Å²) in [5.74, 6) is -0.446. The van der Waals surface area contributed by atoms with Crippen molar-refractivity contribution in [2.75, 3.05) is 55.3 Å². The molecule has 0 radical (unpaired) electrons. The van der Waals surface area contributed by atoms with E-state index in [4.69, 9.17) is 11.6 Å². The molecule has 0 saturated carbocycles. The molecule has 1 fully saturated rings. The number of carbonyl (C=O) groups excluding carboxylic acids is 1. The number of anilines is 3. The summed E-state index contributed by atoms with van der Waals surface area (Å²) < 4.78 is 0. The zero-order chi connectivity index (χ0) is 23.2. The Balaban J connectivity index is 1.40. The zero-order valence-corrected chi connectivity index (χ0v) is 19.4. The maximum atomic E-state index is 12.9. The first-order chi connectivity index (χ1) is 16.0. The molecule has 4 rings (SSSR count). The predicted octanol–water partition coefficient (Wildman–Crippen LogP) is 3.69. The van der Waals surface area contributed by atoms with Gasteiger partial charge in [0.2, 0.25) is 0 Å². The van der Waals surface area contributed by atoms with Gasteiger partial charge in [-0.3, -0.25) is 9.59 Å². The van der Waals surface area contributed by atoms with Crippen LogP contribution in [0.4, 0.5) is 17.1 Å².